The molecule has 0 spiro atoms. The van der Waals surface area contributed by atoms with E-state index < -0.39 is 23.3 Å². The van der Waals surface area contributed by atoms with Gasteiger partial charge in [-0.2, -0.15) is 0 Å². The van der Waals surface area contributed by atoms with Crippen LogP contribution < -0.4 is 21.3 Å². The van der Waals surface area contributed by atoms with Crippen molar-refractivity contribution >= 4 is 28.5 Å². The summed E-state index contributed by atoms with van der Waals surface area (Å²) in [6.45, 7) is 1.68. The van der Waals surface area contributed by atoms with Crippen LogP contribution in [-0.2, 0) is 11.2 Å². The van der Waals surface area contributed by atoms with Gasteiger partial charge in [-0.1, -0.05) is 24.3 Å². The van der Waals surface area contributed by atoms with Crippen molar-refractivity contribution in [1.82, 2.24) is 9.55 Å². The third-order valence-electron chi connectivity index (χ3n) is 5.76. The van der Waals surface area contributed by atoms with Crippen molar-refractivity contribution in [3.05, 3.63) is 104 Å². The molecule has 9 nitrogen and oxygen atoms in total. The number of benzene rings is 3. The summed E-state index contributed by atoms with van der Waals surface area (Å²) in [6.07, 6.45) is 0.140. The highest BCUT2D eigenvalue weighted by Crippen LogP contribution is 2.19. The molecule has 3 N–H and O–H groups in total. The van der Waals surface area contributed by atoms with Crippen molar-refractivity contribution in [3.63, 3.8) is 0 Å². The molecular weight excluding hydrogens is 450 g/mol. The summed E-state index contributed by atoms with van der Waals surface area (Å²) in [6, 6.07) is 17.2. The minimum Gasteiger partial charge on any atom is -0.497 e. The number of nitrogens with zero attached hydrogens (tertiary/aromatic N) is 1. The molecular formula is C26H23N3O6. The molecule has 0 aliphatic carbocycles. The zero-order valence-electron chi connectivity index (χ0n) is 19.1. The zero-order valence-corrected chi connectivity index (χ0v) is 19.1. The van der Waals surface area contributed by atoms with E-state index in [1.807, 2.05) is 0 Å². The fourth-order valence-corrected chi connectivity index (χ4v) is 3.84. The van der Waals surface area contributed by atoms with Gasteiger partial charge in [-0.15, -0.1) is 0 Å². The van der Waals surface area contributed by atoms with Crippen molar-refractivity contribution in [2.24, 2.45) is 0 Å². The zero-order chi connectivity index (χ0) is 25.1. The highest BCUT2D eigenvalue weighted by molar-refractivity contribution is 5.94. The van der Waals surface area contributed by atoms with Gasteiger partial charge in [0.1, 0.15) is 5.75 Å². The number of aromatic nitrogens is 2. The van der Waals surface area contributed by atoms with E-state index in [0.29, 0.717) is 22.5 Å². The van der Waals surface area contributed by atoms with Gasteiger partial charge in [-0.3, -0.25) is 14.2 Å². The Hall–Kier alpha value is -4.66. The maximum absolute atomic E-state index is 13.3. The Kier molecular flexibility index (Phi) is 6.50. The summed E-state index contributed by atoms with van der Waals surface area (Å²) in [5.74, 6) is -0.626. The maximum atomic E-state index is 13.3. The van der Waals surface area contributed by atoms with E-state index in [9.17, 15) is 19.2 Å². The van der Waals surface area contributed by atoms with Crippen LogP contribution in [0.3, 0.4) is 0 Å². The number of aromatic amines is 1. The Morgan fingerprint density at radius 2 is 1.71 bits per heavy atom. The number of ether oxygens (including phenoxy) is 1. The fourth-order valence-electron chi connectivity index (χ4n) is 3.84. The Balaban J connectivity index is 1.61. The molecule has 1 heterocycles. The third-order valence-corrected chi connectivity index (χ3v) is 5.76. The lowest BCUT2D eigenvalue weighted by atomic mass is 10.1. The Labute approximate surface area is 199 Å². The number of methoxy groups -OCH3 is 1. The van der Waals surface area contributed by atoms with E-state index in [0.717, 1.165) is 10.1 Å². The van der Waals surface area contributed by atoms with Gasteiger partial charge in [0.15, 0.2) is 0 Å². The molecule has 4 aromatic rings. The van der Waals surface area contributed by atoms with Crippen LogP contribution in [0.2, 0.25) is 0 Å². The van der Waals surface area contributed by atoms with Crippen LogP contribution in [0.4, 0.5) is 5.69 Å². The van der Waals surface area contributed by atoms with Crippen LogP contribution in [0, 0.1) is 0 Å². The smallest absolute Gasteiger partial charge is 0.335 e. The summed E-state index contributed by atoms with van der Waals surface area (Å²) in [5.41, 5.74) is 1.17. The van der Waals surface area contributed by atoms with Gasteiger partial charge in [-0.25, -0.2) is 9.59 Å². The molecule has 0 saturated carbocycles. The topological polar surface area (TPSA) is 130 Å². The first-order chi connectivity index (χ1) is 16.8. The van der Waals surface area contributed by atoms with E-state index in [-0.39, 0.29) is 23.3 Å². The monoisotopic (exact) mass is 473 g/mol. The SMILES string of the molecule is COc1ccc(CC(=O)Nc2ccc3[nH]c(=O)n(C(C)c4ccc(C(=O)O)cc4)c(=O)c3c2)cc1. The first-order valence-electron chi connectivity index (χ1n) is 10.8. The Bertz CT molecular complexity index is 1520. The molecule has 1 atom stereocenters. The van der Waals surface area contributed by atoms with Gasteiger partial charge in [0, 0.05) is 5.69 Å². The van der Waals surface area contributed by atoms with E-state index in [1.165, 1.54) is 18.2 Å². The number of nitrogens with one attached hydrogen (secondary N) is 2. The van der Waals surface area contributed by atoms with Crippen LogP contribution in [0.15, 0.2) is 76.3 Å². The lowest BCUT2D eigenvalue weighted by Gasteiger charge is -2.16. The molecule has 0 aliphatic heterocycles. The standard InChI is InChI=1S/C26H23N3O6/c1-15(17-5-7-18(8-6-17)25(32)33)29-24(31)21-14-19(9-12-22(21)28-26(29)34)27-23(30)13-16-3-10-20(35-2)11-4-16/h3-12,14-15H,13H2,1-2H3,(H,27,30)(H,28,34)(H,32,33). The summed E-state index contributed by atoms with van der Waals surface area (Å²) in [4.78, 5) is 52.3. The number of carbonyl (C=O) groups is 2. The predicted molar refractivity (Wildman–Crippen MR) is 131 cm³/mol. The number of fused-ring (bicyclic) bond motifs is 1. The molecule has 0 aliphatic rings. The molecule has 0 fully saturated rings. The quantitative estimate of drug-likeness (QED) is 0.378. The van der Waals surface area contributed by atoms with Gasteiger partial charge in [0.2, 0.25) is 5.91 Å². The Morgan fingerprint density at radius 1 is 1.03 bits per heavy atom. The van der Waals surface area contributed by atoms with Crippen LogP contribution in [-0.4, -0.2) is 33.6 Å². The summed E-state index contributed by atoms with van der Waals surface area (Å²) >= 11 is 0. The lowest BCUT2D eigenvalue weighted by Crippen LogP contribution is -2.37. The van der Waals surface area contributed by atoms with Crippen molar-refractivity contribution in [2.45, 2.75) is 19.4 Å². The largest absolute Gasteiger partial charge is 0.497 e. The number of hydrogen-bond acceptors (Lipinski definition) is 5. The van der Waals surface area contributed by atoms with Crippen molar-refractivity contribution in [3.8, 4) is 5.75 Å². The lowest BCUT2D eigenvalue weighted by molar-refractivity contribution is -0.115. The number of carboxylic acids is 1. The minimum atomic E-state index is -1.06. The second kappa shape index (κ2) is 9.68. The average molecular weight is 473 g/mol. The first-order valence-corrected chi connectivity index (χ1v) is 10.8. The number of amides is 1. The Morgan fingerprint density at radius 3 is 2.34 bits per heavy atom. The molecule has 178 valence electrons. The van der Waals surface area contributed by atoms with Crippen LogP contribution in [0.1, 0.15) is 34.5 Å². The van der Waals surface area contributed by atoms with Gasteiger partial charge in [0.05, 0.1) is 36.0 Å². The first kappa shape index (κ1) is 23.5. The number of rotatable bonds is 7. The molecule has 4 rings (SSSR count). The van der Waals surface area contributed by atoms with E-state index in [1.54, 1.807) is 62.6 Å². The van der Waals surface area contributed by atoms with Gasteiger partial charge >= 0.3 is 11.7 Å². The van der Waals surface area contributed by atoms with E-state index in [2.05, 4.69) is 10.3 Å². The molecule has 1 amide bonds. The molecule has 0 radical (unpaired) electrons. The second-order valence-electron chi connectivity index (χ2n) is 8.04. The molecule has 0 saturated heterocycles. The number of aromatic carboxylic acids is 1. The van der Waals surface area contributed by atoms with Crippen molar-refractivity contribution in [1.29, 1.82) is 0 Å². The molecule has 0 bridgehead atoms. The minimum absolute atomic E-state index is 0.107. The summed E-state index contributed by atoms with van der Waals surface area (Å²) < 4.78 is 6.19. The maximum Gasteiger partial charge on any atom is 0.335 e. The molecule has 9 heteroatoms. The third kappa shape index (κ3) is 4.98. The van der Waals surface area contributed by atoms with Crippen molar-refractivity contribution in [2.75, 3.05) is 12.4 Å². The molecule has 1 unspecified atom stereocenters. The second-order valence-corrected chi connectivity index (χ2v) is 8.04. The predicted octanol–water partition coefficient (Wildman–Crippen LogP) is 3.19. The number of hydrogen-bond donors (Lipinski definition) is 3. The van der Waals surface area contributed by atoms with Crippen molar-refractivity contribution < 1.29 is 19.4 Å². The average Bonchev–Trinajstić information content (AvgIpc) is 2.85. The number of anilines is 1. The van der Waals surface area contributed by atoms with Gasteiger partial charge in [-0.05, 0) is 60.5 Å². The van der Waals surface area contributed by atoms with Crippen LogP contribution in [0.25, 0.3) is 10.9 Å². The molecule has 35 heavy (non-hydrogen) atoms. The highest BCUT2D eigenvalue weighted by Gasteiger charge is 2.17. The van der Waals surface area contributed by atoms with Gasteiger partial charge in [0.25, 0.3) is 5.56 Å². The molecule has 1 aromatic heterocycles. The molecule has 3 aromatic carbocycles. The number of carbonyl (C=O) groups excluding carboxylic acids is 1. The van der Waals surface area contributed by atoms with Crippen LogP contribution in [0.5, 0.6) is 5.75 Å². The van der Waals surface area contributed by atoms with Crippen LogP contribution >= 0.6 is 0 Å². The van der Waals surface area contributed by atoms with Gasteiger partial charge < -0.3 is 20.1 Å². The van der Waals surface area contributed by atoms with E-state index in [4.69, 9.17) is 9.84 Å². The van der Waals surface area contributed by atoms with E-state index >= 15 is 0 Å². The highest BCUT2D eigenvalue weighted by atomic mass is 16.5. The fraction of sp³-hybridized carbons (Fsp3) is 0.154. The summed E-state index contributed by atoms with van der Waals surface area (Å²) in [5, 5.41) is 12.1. The normalized spacial score (nSPS) is 11.7. The number of carboxylic acid groups (broad SMARTS) is 1. The summed E-state index contributed by atoms with van der Waals surface area (Å²) in [7, 11) is 1.57. The number of H-pyrrole nitrogens is 1.